The van der Waals surface area contributed by atoms with Gasteiger partial charge in [-0.3, -0.25) is 14.4 Å². The Morgan fingerprint density at radius 1 is 1.30 bits per heavy atom. The van der Waals surface area contributed by atoms with Crippen LogP contribution in [-0.4, -0.2) is 64.3 Å². The van der Waals surface area contributed by atoms with Crippen molar-refractivity contribution in [3.8, 4) is 0 Å². The SMILES string of the molecule is Cc1cc(I)cnc1Nc1c(C(=O)N2CC(C(=O)NOCC(O)CO)C2)cc(F)c(F)c1F. The van der Waals surface area contributed by atoms with Crippen molar-refractivity contribution in [2.45, 2.75) is 13.0 Å². The van der Waals surface area contributed by atoms with Gasteiger partial charge in [0.05, 0.1) is 23.8 Å². The Kier molecular flexibility index (Phi) is 8.10. The van der Waals surface area contributed by atoms with E-state index in [-0.39, 0.29) is 25.5 Å². The number of hydroxylamine groups is 1. The van der Waals surface area contributed by atoms with Crippen LogP contribution >= 0.6 is 22.6 Å². The number of nitrogens with one attached hydrogen (secondary N) is 2. The first-order valence-electron chi connectivity index (χ1n) is 9.68. The molecule has 2 heterocycles. The van der Waals surface area contributed by atoms with Gasteiger partial charge in [-0.1, -0.05) is 0 Å². The third-order valence-electron chi connectivity index (χ3n) is 4.88. The number of benzene rings is 1. The molecule has 178 valence electrons. The number of pyridine rings is 1. The van der Waals surface area contributed by atoms with Gasteiger partial charge >= 0.3 is 0 Å². The monoisotopic (exact) mass is 580 g/mol. The molecule has 1 unspecified atom stereocenters. The maximum atomic E-state index is 14.6. The molecule has 2 amide bonds. The quantitative estimate of drug-likeness (QED) is 0.213. The second kappa shape index (κ2) is 10.6. The lowest BCUT2D eigenvalue weighted by Crippen LogP contribution is -2.56. The number of aliphatic hydroxyl groups is 2. The Morgan fingerprint density at radius 2 is 2.00 bits per heavy atom. The van der Waals surface area contributed by atoms with Gasteiger partial charge in [-0.2, -0.15) is 0 Å². The molecule has 1 aromatic carbocycles. The first-order chi connectivity index (χ1) is 15.6. The number of hydrogen-bond donors (Lipinski definition) is 4. The molecular weight excluding hydrogens is 560 g/mol. The lowest BCUT2D eigenvalue weighted by Gasteiger charge is -2.38. The Labute approximate surface area is 200 Å². The molecule has 33 heavy (non-hydrogen) atoms. The molecule has 1 aliphatic heterocycles. The minimum Gasteiger partial charge on any atom is -0.394 e. The van der Waals surface area contributed by atoms with E-state index in [2.05, 4.69) is 15.8 Å². The molecule has 0 aliphatic carbocycles. The number of rotatable bonds is 8. The fraction of sp³-hybridized carbons (Fsp3) is 0.350. The minimum atomic E-state index is -1.74. The Bertz CT molecular complexity index is 1070. The number of carbonyl (C=O) groups excluding carboxylic acids is 2. The number of anilines is 2. The van der Waals surface area contributed by atoms with Gasteiger partial charge in [0.25, 0.3) is 5.91 Å². The lowest BCUT2D eigenvalue weighted by atomic mass is 9.97. The highest BCUT2D eigenvalue weighted by Gasteiger charge is 2.38. The van der Waals surface area contributed by atoms with Gasteiger partial charge in [0.15, 0.2) is 17.5 Å². The minimum absolute atomic E-state index is 0.0720. The van der Waals surface area contributed by atoms with Crippen molar-refractivity contribution in [2.75, 3.05) is 31.6 Å². The Hall–Kier alpha value is -2.49. The van der Waals surface area contributed by atoms with Gasteiger partial charge in [-0.25, -0.2) is 23.6 Å². The number of aliphatic hydroxyl groups excluding tert-OH is 2. The van der Waals surface area contributed by atoms with Crippen LogP contribution in [0.3, 0.4) is 0 Å². The molecule has 1 atom stereocenters. The highest BCUT2D eigenvalue weighted by atomic mass is 127. The van der Waals surface area contributed by atoms with E-state index in [1.54, 1.807) is 13.0 Å². The van der Waals surface area contributed by atoms with E-state index in [0.717, 1.165) is 3.57 Å². The fourth-order valence-electron chi connectivity index (χ4n) is 3.00. The molecule has 1 saturated heterocycles. The highest BCUT2D eigenvalue weighted by molar-refractivity contribution is 14.1. The molecule has 2 aromatic rings. The van der Waals surface area contributed by atoms with Crippen molar-refractivity contribution in [3.63, 3.8) is 0 Å². The molecule has 1 fully saturated rings. The average Bonchev–Trinajstić information content (AvgIpc) is 2.74. The maximum Gasteiger partial charge on any atom is 0.256 e. The molecule has 4 N–H and O–H groups in total. The summed E-state index contributed by atoms with van der Waals surface area (Å²) in [7, 11) is 0. The predicted octanol–water partition coefficient (Wildman–Crippen LogP) is 1.63. The summed E-state index contributed by atoms with van der Waals surface area (Å²) in [4.78, 5) is 34.9. The molecule has 9 nitrogen and oxygen atoms in total. The first-order valence-corrected chi connectivity index (χ1v) is 10.8. The van der Waals surface area contributed by atoms with Gasteiger partial charge in [0.2, 0.25) is 5.91 Å². The summed E-state index contributed by atoms with van der Waals surface area (Å²) in [5.41, 5.74) is 1.67. The maximum absolute atomic E-state index is 14.6. The summed E-state index contributed by atoms with van der Waals surface area (Å²) >= 11 is 2.03. The van der Waals surface area contributed by atoms with Crippen LogP contribution in [0.15, 0.2) is 18.3 Å². The van der Waals surface area contributed by atoms with E-state index in [1.165, 1.54) is 11.1 Å². The summed E-state index contributed by atoms with van der Waals surface area (Å²) in [6.45, 7) is 0.665. The fourth-order valence-corrected chi connectivity index (χ4v) is 3.61. The standard InChI is InChI=1S/C20H20F3IN4O5/c1-9-2-11(24)4-25-18(9)26-17-13(3-14(21)15(22)16(17)23)20(32)28-5-10(6-28)19(31)27-33-8-12(30)7-29/h2-4,10,12,29-30H,5-8H2,1H3,(H,25,26)(H,27,31). The zero-order valence-corrected chi connectivity index (χ0v) is 19.4. The molecule has 1 aliphatic rings. The number of amides is 2. The van der Waals surface area contributed by atoms with Gasteiger partial charge in [-0.15, -0.1) is 0 Å². The van der Waals surface area contributed by atoms with Crippen LogP contribution in [0.2, 0.25) is 0 Å². The molecular formula is C20H20F3IN4O5. The van der Waals surface area contributed by atoms with Crippen molar-refractivity contribution in [2.24, 2.45) is 5.92 Å². The molecule has 13 heteroatoms. The second-order valence-corrected chi connectivity index (χ2v) is 8.62. The highest BCUT2D eigenvalue weighted by Crippen LogP contribution is 2.31. The van der Waals surface area contributed by atoms with E-state index in [9.17, 15) is 27.9 Å². The average molecular weight is 580 g/mol. The number of hydrogen-bond acceptors (Lipinski definition) is 7. The summed E-state index contributed by atoms with van der Waals surface area (Å²) in [6, 6.07) is 2.33. The van der Waals surface area contributed by atoms with Crippen molar-refractivity contribution in [1.29, 1.82) is 0 Å². The number of aryl methyl sites for hydroxylation is 1. The van der Waals surface area contributed by atoms with E-state index in [0.29, 0.717) is 11.6 Å². The summed E-state index contributed by atoms with van der Waals surface area (Å²) < 4.78 is 43.3. The lowest BCUT2D eigenvalue weighted by molar-refractivity contribution is -0.145. The number of halogens is 4. The van der Waals surface area contributed by atoms with Gasteiger partial charge in [0.1, 0.15) is 18.5 Å². The summed E-state index contributed by atoms with van der Waals surface area (Å²) in [5.74, 6) is -6.70. The van der Waals surface area contributed by atoms with Crippen LogP contribution in [-0.2, 0) is 9.63 Å². The van der Waals surface area contributed by atoms with Crippen molar-refractivity contribution < 1.29 is 37.8 Å². The Morgan fingerprint density at radius 3 is 2.64 bits per heavy atom. The van der Waals surface area contributed by atoms with Crippen LogP contribution in [0.4, 0.5) is 24.7 Å². The van der Waals surface area contributed by atoms with Gasteiger partial charge in [-0.05, 0) is 47.2 Å². The normalized spacial score (nSPS) is 14.6. The molecule has 0 saturated carbocycles. The zero-order valence-electron chi connectivity index (χ0n) is 17.2. The summed E-state index contributed by atoms with van der Waals surface area (Å²) in [6.07, 6.45) is 0.320. The topological polar surface area (TPSA) is 124 Å². The molecule has 1 aromatic heterocycles. The van der Waals surface area contributed by atoms with Crippen LogP contribution in [0.1, 0.15) is 15.9 Å². The second-order valence-electron chi connectivity index (χ2n) is 7.37. The smallest absolute Gasteiger partial charge is 0.256 e. The molecule has 0 spiro atoms. The number of aromatic nitrogens is 1. The third kappa shape index (κ3) is 5.72. The Balaban J connectivity index is 1.74. The predicted molar refractivity (Wildman–Crippen MR) is 118 cm³/mol. The zero-order chi connectivity index (χ0) is 24.3. The molecule has 3 rings (SSSR count). The van der Waals surface area contributed by atoms with Crippen LogP contribution in [0.5, 0.6) is 0 Å². The van der Waals surface area contributed by atoms with Gasteiger partial charge in [0, 0.05) is 22.9 Å². The van der Waals surface area contributed by atoms with Crippen molar-refractivity contribution >= 4 is 45.9 Å². The number of nitrogens with zero attached hydrogens (tertiary/aromatic N) is 2. The van der Waals surface area contributed by atoms with Gasteiger partial charge < -0.3 is 20.4 Å². The van der Waals surface area contributed by atoms with Crippen LogP contribution < -0.4 is 10.8 Å². The number of likely N-dealkylation sites (tertiary alicyclic amines) is 1. The molecule has 0 radical (unpaired) electrons. The summed E-state index contributed by atoms with van der Waals surface area (Å²) in [5, 5.41) is 20.4. The van der Waals surface area contributed by atoms with Crippen molar-refractivity contribution in [1.82, 2.24) is 15.4 Å². The van der Waals surface area contributed by atoms with Crippen LogP contribution in [0.25, 0.3) is 0 Å². The van der Waals surface area contributed by atoms with Crippen molar-refractivity contribution in [3.05, 3.63) is 50.5 Å². The van der Waals surface area contributed by atoms with E-state index >= 15 is 0 Å². The van der Waals surface area contributed by atoms with E-state index < -0.39 is 59.1 Å². The van der Waals surface area contributed by atoms with E-state index in [1.807, 2.05) is 22.6 Å². The largest absolute Gasteiger partial charge is 0.394 e. The molecule has 0 bridgehead atoms. The van der Waals surface area contributed by atoms with Crippen LogP contribution in [0, 0.1) is 33.9 Å². The van der Waals surface area contributed by atoms with E-state index in [4.69, 9.17) is 9.94 Å². The third-order valence-corrected chi connectivity index (χ3v) is 5.47. The first kappa shape index (κ1) is 25.1. The number of carbonyl (C=O) groups is 2.